The van der Waals surface area contributed by atoms with Gasteiger partial charge in [-0.1, -0.05) is 20.8 Å². The molecule has 0 aromatic carbocycles. The third kappa shape index (κ3) is 2.67. The van der Waals surface area contributed by atoms with Crippen LogP contribution in [0.15, 0.2) is 0 Å². The summed E-state index contributed by atoms with van der Waals surface area (Å²) >= 11 is 0. The van der Waals surface area contributed by atoms with E-state index in [1.165, 1.54) is 0 Å². The molecule has 0 aromatic heterocycles. The molecule has 1 saturated heterocycles. The molecule has 4 saturated carbocycles. The number of aliphatic hydroxyl groups excluding tert-OH is 4. The molecule has 10 atom stereocenters. The predicted molar refractivity (Wildman–Crippen MR) is 100 cm³/mol. The van der Waals surface area contributed by atoms with Crippen molar-refractivity contribution in [2.24, 2.45) is 28.6 Å². The largest absolute Gasteiger partial charge is 0.394 e. The highest BCUT2D eigenvalue weighted by Crippen LogP contribution is 2.71. The standard InChI is InChI=1S/C21H36O7/c1-19(2)12-5-6-20(3)13(8-12)11(4-7-21(19,20)26)10-27-18-17(25)16(24)15(23)14(9-22)28-18/h11-18,22-26H,4-10H2,1-3H3/t11-,12-,13+,14-,15-,16+,17-,18-,20+,21-/m1/s1. The first-order valence-corrected chi connectivity index (χ1v) is 10.7. The minimum atomic E-state index is -1.42. The molecule has 1 heterocycles. The average molecular weight is 401 g/mol. The fourth-order valence-electron chi connectivity index (χ4n) is 7.13. The summed E-state index contributed by atoms with van der Waals surface area (Å²) in [6.45, 7) is 6.58. The summed E-state index contributed by atoms with van der Waals surface area (Å²) in [6, 6.07) is 0. The Hall–Kier alpha value is -0.280. The van der Waals surface area contributed by atoms with Crippen molar-refractivity contribution in [3.63, 3.8) is 0 Å². The van der Waals surface area contributed by atoms with Gasteiger partial charge in [0.15, 0.2) is 6.29 Å². The highest BCUT2D eigenvalue weighted by atomic mass is 16.7. The van der Waals surface area contributed by atoms with Crippen molar-refractivity contribution in [2.45, 2.75) is 89.2 Å². The van der Waals surface area contributed by atoms with Gasteiger partial charge in [-0.2, -0.15) is 0 Å². The summed E-state index contributed by atoms with van der Waals surface area (Å²) in [4.78, 5) is 0. The lowest BCUT2D eigenvalue weighted by Crippen LogP contribution is -2.72. The highest BCUT2D eigenvalue weighted by molar-refractivity contribution is 5.19. The maximum Gasteiger partial charge on any atom is 0.186 e. The quantitative estimate of drug-likeness (QED) is 0.464. The normalized spacial score (nSPS) is 55.3. The highest BCUT2D eigenvalue weighted by Gasteiger charge is 2.70. The summed E-state index contributed by atoms with van der Waals surface area (Å²) in [5.41, 5.74) is -0.891. The van der Waals surface area contributed by atoms with Crippen molar-refractivity contribution < 1.29 is 35.0 Å². The van der Waals surface area contributed by atoms with Crippen LogP contribution in [0.4, 0.5) is 0 Å². The Labute approximate surface area is 166 Å². The topological polar surface area (TPSA) is 120 Å². The van der Waals surface area contributed by atoms with Gasteiger partial charge in [0.25, 0.3) is 0 Å². The smallest absolute Gasteiger partial charge is 0.186 e. The second-order valence-corrected chi connectivity index (χ2v) is 10.4. The fourth-order valence-corrected chi connectivity index (χ4v) is 7.13. The lowest BCUT2D eigenvalue weighted by molar-refractivity contribution is -0.318. The number of rotatable bonds is 4. The van der Waals surface area contributed by atoms with Crippen LogP contribution in [-0.2, 0) is 9.47 Å². The van der Waals surface area contributed by atoms with E-state index >= 15 is 0 Å². The van der Waals surface area contributed by atoms with Crippen molar-refractivity contribution in [1.82, 2.24) is 0 Å². The molecule has 4 bridgehead atoms. The number of fused-ring (bicyclic) bond motifs is 1. The minimum absolute atomic E-state index is 0.0837. The molecule has 5 N–H and O–H groups in total. The van der Waals surface area contributed by atoms with Gasteiger partial charge in [-0.05, 0) is 55.3 Å². The molecule has 1 aliphatic heterocycles. The third-order valence-electron chi connectivity index (χ3n) is 9.17. The summed E-state index contributed by atoms with van der Waals surface area (Å²) in [7, 11) is 0. The zero-order valence-electron chi connectivity index (χ0n) is 17.1. The van der Waals surface area contributed by atoms with Crippen molar-refractivity contribution in [2.75, 3.05) is 13.2 Å². The molecule has 0 aromatic rings. The molecule has 28 heavy (non-hydrogen) atoms. The zero-order valence-corrected chi connectivity index (χ0v) is 17.1. The van der Waals surface area contributed by atoms with Crippen LogP contribution in [0.5, 0.6) is 0 Å². The number of ether oxygens (including phenoxy) is 2. The molecular formula is C21H36O7. The Kier molecular flexibility index (Phi) is 5.15. The first-order chi connectivity index (χ1) is 13.1. The van der Waals surface area contributed by atoms with E-state index in [0.717, 1.165) is 32.1 Å². The van der Waals surface area contributed by atoms with E-state index in [9.17, 15) is 25.5 Å². The molecule has 0 radical (unpaired) electrons. The lowest BCUT2D eigenvalue weighted by Gasteiger charge is -2.71. The molecule has 0 amide bonds. The maximum absolute atomic E-state index is 11.7. The summed E-state index contributed by atoms with van der Waals surface area (Å²) < 4.78 is 11.4. The Bertz CT molecular complexity index is 595. The molecule has 0 unspecified atom stereocenters. The van der Waals surface area contributed by atoms with Crippen LogP contribution in [0.3, 0.4) is 0 Å². The van der Waals surface area contributed by atoms with Crippen molar-refractivity contribution in [3.8, 4) is 0 Å². The van der Waals surface area contributed by atoms with Crippen LogP contribution in [0.1, 0.15) is 52.9 Å². The van der Waals surface area contributed by atoms with Crippen LogP contribution in [0, 0.1) is 28.6 Å². The van der Waals surface area contributed by atoms with E-state index in [0.29, 0.717) is 18.4 Å². The SMILES string of the molecule is CC1(C)[C@@H]2CC[C@@]3(C)[C@@H](C2)[C@@H](CO[C@@H]2O[C@H](CO)[C@@H](O)[C@H](O)[C@H]2O)CC[C@@]13O. The molecule has 5 aliphatic rings. The zero-order chi connectivity index (χ0) is 20.5. The van der Waals surface area contributed by atoms with Gasteiger partial charge in [0.1, 0.15) is 24.4 Å². The van der Waals surface area contributed by atoms with E-state index in [4.69, 9.17) is 9.47 Å². The Morgan fingerprint density at radius 1 is 1.00 bits per heavy atom. The molecule has 7 heteroatoms. The summed E-state index contributed by atoms with van der Waals surface area (Å²) in [5.74, 6) is 1.10. The third-order valence-corrected chi connectivity index (χ3v) is 9.17. The number of aliphatic hydroxyl groups is 5. The first kappa shape index (κ1) is 21.0. The van der Waals surface area contributed by atoms with E-state index in [-0.39, 0.29) is 16.7 Å². The molecule has 7 nitrogen and oxygen atoms in total. The number of hydrogen-bond acceptors (Lipinski definition) is 7. The van der Waals surface area contributed by atoms with Crippen LogP contribution in [-0.4, -0.2) is 75.1 Å². The Morgan fingerprint density at radius 3 is 2.39 bits per heavy atom. The van der Waals surface area contributed by atoms with E-state index in [1.54, 1.807) is 0 Å². The minimum Gasteiger partial charge on any atom is -0.394 e. The lowest BCUT2D eigenvalue weighted by atomic mass is 9.35. The van der Waals surface area contributed by atoms with E-state index < -0.39 is 42.9 Å². The maximum atomic E-state index is 11.7. The van der Waals surface area contributed by atoms with Crippen LogP contribution in [0.25, 0.3) is 0 Å². The van der Waals surface area contributed by atoms with Gasteiger partial charge >= 0.3 is 0 Å². The van der Waals surface area contributed by atoms with Crippen LogP contribution in [0.2, 0.25) is 0 Å². The van der Waals surface area contributed by atoms with E-state index in [2.05, 4.69) is 20.8 Å². The molecule has 5 fully saturated rings. The second-order valence-electron chi connectivity index (χ2n) is 10.4. The second kappa shape index (κ2) is 6.87. The van der Waals surface area contributed by atoms with Gasteiger partial charge < -0.3 is 35.0 Å². The van der Waals surface area contributed by atoms with Crippen molar-refractivity contribution >= 4 is 0 Å². The predicted octanol–water partition coefficient (Wildman–Crippen LogP) is 0.406. The first-order valence-electron chi connectivity index (χ1n) is 10.7. The van der Waals surface area contributed by atoms with Gasteiger partial charge in [0.05, 0.1) is 18.8 Å². The monoisotopic (exact) mass is 400 g/mol. The Morgan fingerprint density at radius 2 is 1.71 bits per heavy atom. The Balaban J connectivity index is 1.46. The van der Waals surface area contributed by atoms with E-state index in [1.807, 2.05) is 0 Å². The number of hydrogen-bond donors (Lipinski definition) is 5. The molecule has 5 rings (SSSR count). The van der Waals surface area contributed by atoms with Crippen LogP contribution < -0.4 is 0 Å². The fraction of sp³-hybridized carbons (Fsp3) is 1.00. The van der Waals surface area contributed by atoms with Gasteiger partial charge in [-0.3, -0.25) is 0 Å². The molecule has 0 spiro atoms. The molecular weight excluding hydrogens is 364 g/mol. The van der Waals surface area contributed by atoms with Crippen molar-refractivity contribution in [1.29, 1.82) is 0 Å². The van der Waals surface area contributed by atoms with Gasteiger partial charge in [0.2, 0.25) is 0 Å². The van der Waals surface area contributed by atoms with Crippen molar-refractivity contribution in [3.05, 3.63) is 0 Å². The van der Waals surface area contributed by atoms with Gasteiger partial charge in [0, 0.05) is 5.41 Å². The van der Waals surface area contributed by atoms with Crippen LogP contribution >= 0.6 is 0 Å². The average Bonchev–Trinajstić information content (AvgIpc) is 2.66. The van der Waals surface area contributed by atoms with Gasteiger partial charge in [-0.15, -0.1) is 0 Å². The molecule has 162 valence electrons. The summed E-state index contributed by atoms with van der Waals surface area (Å²) in [5, 5.41) is 51.1. The van der Waals surface area contributed by atoms with Gasteiger partial charge in [-0.25, -0.2) is 0 Å². The molecule has 4 aliphatic carbocycles. The summed E-state index contributed by atoms with van der Waals surface area (Å²) in [6.07, 6.45) is -1.34.